The molecule has 0 radical (unpaired) electrons. The number of nitrogens with zero attached hydrogens (tertiary/aromatic N) is 1. The van der Waals surface area contributed by atoms with Crippen LogP contribution < -0.4 is 9.46 Å². The van der Waals surface area contributed by atoms with Gasteiger partial charge in [0, 0.05) is 6.07 Å². The van der Waals surface area contributed by atoms with Gasteiger partial charge in [-0.2, -0.15) is 0 Å². The lowest BCUT2D eigenvalue weighted by molar-refractivity contribution is -0.387. The van der Waals surface area contributed by atoms with Crippen molar-refractivity contribution < 1.29 is 19.6 Å². The third-order valence-corrected chi connectivity index (χ3v) is 4.43. The summed E-state index contributed by atoms with van der Waals surface area (Å²) >= 11 is 0.945. The van der Waals surface area contributed by atoms with Crippen LogP contribution in [0.1, 0.15) is 26.3 Å². The molecule has 0 spiro atoms. The maximum Gasteiger partial charge on any atom is 0.321 e. The van der Waals surface area contributed by atoms with Crippen molar-refractivity contribution in [2.75, 3.05) is 0 Å². The lowest BCUT2D eigenvalue weighted by Gasteiger charge is -2.21. The number of hydrogen-bond acceptors (Lipinski definition) is 6. The fourth-order valence-electron chi connectivity index (χ4n) is 2.29. The maximum absolute atomic E-state index is 11.6. The highest BCUT2D eigenvalue weighted by Gasteiger charge is 2.21. The summed E-state index contributed by atoms with van der Waals surface area (Å²) in [5, 5.41) is 20.5. The van der Waals surface area contributed by atoms with Crippen molar-refractivity contribution in [3.05, 3.63) is 64.2 Å². The number of benzene rings is 2. The van der Waals surface area contributed by atoms with Gasteiger partial charge in [0.2, 0.25) is 0 Å². The zero-order chi connectivity index (χ0) is 20.0. The van der Waals surface area contributed by atoms with E-state index in [2.05, 4.69) is 4.72 Å². The second-order valence-corrected chi connectivity index (χ2v) is 7.78. The fraction of sp³-hybridized carbons (Fsp3) is 0.316. The van der Waals surface area contributed by atoms with Crippen LogP contribution in [0.4, 0.5) is 5.69 Å². The number of carboxylic acid groups (broad SMARTS) is 1. The highest BCUT2D eigenvalue weighted by Crippen LogP contribution is 2.27. The highest BCUT2D eigenvalue weighted by atomic mass is 32.2. The Kier molecular flexibility index (Phi) is 6.81. The Bertz CT molecular complexity index is 802. The van der Waals surface area contributed by atoms with Crippen LogP contribution in [0, 0.1) is 10.1 Å². The molecule has 0 fully saturated rings. The quantitative estimate of drug-likeness (QED) is 0.398. The van der Waals surface area contributed by atoms with Gasteiger partial charge in [0.1, 0.15) is 22.3 Å². The van der Waals surface area contributed by atoms with Gasteiger partial charge in [0.15, 0.2) is 0 Å². The number of nitro groups is 1. The number of para-hydroxylation sites is 1. The molecule has 1 unspecified atom stereocenters. The molecule has 144 valence electrons. The van der Waals surface area contributed by atoms with E-state index in [1.807, 2.05) is 32.9 Å². The van der Waals surface area contributed by atoms with Crippen molar-refractivity contribution in [1.82, 2.24) is 4.72 Å². The molecule has 1 atom stereocenters. The molecule has 0 aromatic heterocycles. The first-order valence-electron chi connectivity index (χ1n) is 8.32. The molecule has 7 nitrogen and oxygen atoms in total. The number of rotatable bonds is 8. The number of hydrogen-bond donors (Lipinski definition) is 2. The molecule has 8 heteroatoms. The lowest BCUT2D eigenvalue weighted by Crippen LogP contribution is -2.34. The van der Waals surface area contributed by atoms with Gasteiger partial charge in [0.05, 0.1) is 4.92 Å². The van der Waals surface area contributed by atoms with Crippen LogP contribution in [-0.2, 0) is 11.2 Å². The van der Waals surface area contributed by atoms with Crippen molar-refractivity contribution in [2.24, 2.45) is 0 Å². The highest BCUT2D eigenvalue weighted by molar-refractivity contribution is 7.97. The zero-order valence-corrected chi connectivity index (χ0v) is 16.2. The molecule has 0 heterocycles. The molecule has 0 amide bonds. The van der Waals surface area contributed by atoms with E-state index in [1.54, 1.807) is 30.3 Å². The van der Waals surface area contributed by atoms with Gasteiger partial charge in [-0.3, -0.25) is 14.9 Å². The molecule has 27 heavy (non-hydrogen) atoms. The van der Waals surface area contributed by atoms with E-state index in [4.69, 9.17) is 4.74 Å². The monoisotopic (exact) mass is 390 g/mol. The van der Waals surface area contributed by atoms with Gasteiger partial charge in [-0.1, -0.05) is 24.3 Å². The smallest absolute Gasteiger partial charge is 0.321 e. The van der Waals surface area contributed by atoms with Crippen LogP contribution in [0.25, 0.3) is 0 Å². The Morgan fingerprint density at radius 1 is 1.22 bits per heavy atom. The zero-order valence-electron chi connectivity index (χ0n) is 15.3. The van der Waals surface area contributed by atoms with Crippen LogP contribution in [0.3, 0.4) is 0 Å². The van der Waals surface area contributed by atoms with E-state index in [-0.39, 0.29) is 17.7 Å². The third kappa shape index (κ3) is 6.58. The van der Waals surface area contributed by atoms with E-state index < -0.39 is 16.9 Å². The Balaban J connectivity index is 2.04. The molecule has 0 saturated heterocycles. The SMILES string of the molecule is CC(C)(C)Oc1ccc(CC(NSc2ccccc2[N+](=O)[O-])C(=O)O)cc1. The van der Waals surface area contributed by atoms with Crippen molar-refractivity contribution in [3.63, 3.8) is 0 Å². The van der Waals surface area contributed by atoms with Crippen LogP contribution >= 0.6 is 11.9 Å². The molecule has 0 aliphatic rings. The summed E-state index contributed by atoms with van der Waals surface area (Å²) in [6.45, 7) is 5.85. The van der Waals surface area contributed by atoms with Crippen LogP contribution in [0.15, 0.2) is 53.4 Å². The lowest BCUT2D eigenvalue weighted by atomic mass is 10.1. The van der Waals surface area contributed by atoms with E-state index in [9.17, 15) is 20.0 Å². The van der Waals surface area contributed by atoms with Crippen LogP contribution in [0.5, 0.6) is 5.75 Å². The van der Waals surface area contributed by atoms with Gasteiger partial charge >= 0.3 is 5.97 Å². The van der Waals surface area contributed by atoms with Crippen molar-refractivity contribution in [1.29, 1.82) is 0 Å². The minimum absolute atomic E-state index is 0.0668. The summed E-state index contributed by atoms with van der Waals surface area (Å²) in [5.41, 5.74) is 0.440. The molecular weight excluding hydrogens is 368 g/mol. The van der Waals surface area contributed by atoms with Crippen molar-refractivity contribution >= 4 is 23.6 Å². The minimum Gasteiger partial charge on any atom is -0.488 e. The van der Waals surface area contributed by atoms with Crippen molar-refractivity contribution in [3.8, 4) is 5.75 Å². The third-order valence-electron chi connectivity index (χ3n) is 3.46. The largest absolute Gasteiger partial charge is 0.488 e. The molecule has 0 aliphatic carbocycles. The Hall–Kier alpha value is -2.58. The Labute approximate surface area is 162 Å². The van der Waals surface area contributed by atoms with Gasteiger partial charge in [0.25, 0.3) is 5.69 Å². The van der Waals surface area contributed by atoms with Gasteiger partial charge in [-0.25, -0.2) is 4.72 Å². The molecule has 0 saturated carbocycles. The predicted octanol–water partition coefficient (Wildman–Crippen LogP) is 4.06. The normalized spacial score (nSPS) is 12.4. The topological polar surface area (TPSA) is 102 Å². The van der Waals surface area contributed by atoms with Gasteiger partial charge < -0.3 is 9.84 Å². The number of carbonyl (C=O) groups is 1. The average Bonchev–Trinajstić information content (AvgIpc) is 2.58. The minimum atomic E-state index is -1.03. The summed E-state index contributed by atoms with van der Waals surface area (Å²) in [5.74, 6) is -0.323. The summed E-state index contributed by atoms with van der Waals surface area (Å²) in [6, 6.07) is 12.5. The summed E-state index contributed by atoms with van der Waals surface area (Å²) < 4.78 is 8.56. The van der Waals surface area contributed by atoms with Gasteiger partial charge in [-0.05, 0) is 62.9 Å². The molecule has 0 aliphatic heterocycles. The number of nitrogens with one attached hydrogen (secondary N) is 1. The number of carboxylic acids is 1. The standard InChI is InChI=1S/C19H22N2O5S/c1-19(2,3)26-14-10-8-13(9-11-14)12-15(18(22)23)20-27-17-7-5-4-6-16(17)21(24)25/h4-11,15,20H,12H2,1-3H3,(H,22,23). The molecule has 2 rings (SSSR count). The molecule has 0 bridgehead atoms. The average molecular weight is 390 g/mol. The molecular formula is C19H22N2O5S. The summed E-state index contributed by atoms with van der Waals surface area (Å²) in [4.78, 5) is 22.5. The van der Waals surface area contributed by atoms with Crippen LogP contribution in [-0.4, -0.2) is 27.6 Å². The van der Waals surface area contributed by atoms with Gasteiger partial charge in [-0.15, -0.1) is 0 Å². The second-order valence-electron chi connectivity index (χ2n) is 6.90. The second kappa shape index (κ2) is 8.88. The number of ether oxygens (including phenoxy) is 1. The maximum atomic E-state index is 11.6. The first kappa shape index (κ1) is 20.7. The number of nitro benzene ring substituents is 1. The number of aliphatic carboxylic acids is 1. The first-order chi connectivity index (χ1) is 12.7. The Morgan fingerprint density at radius 2 is 1.85 bits per heavy atom. The fourth-order valence-corrected chi connectivity index (χ4v) is 3.14. The van der Waals surface area contributed by atoms with E-state index in [1.165, 1.54) is 6.07 Å². The van der Waals surface area contributed by atoms with E-state index in [0.29, 0.717) is 10.6 Å². The Morgan fingerprint density at radius 3 is 2.41 bits per heavy atom. The van der Waals surface area contributed by atoms with E-state index in [0.717, 1.165) is 17.5 Å². The summed E-state index contributed by atoms with van der Waals surface area (Å²) in [7, 11) is 0. The molecule has 2 N–H and O–H groups in total. The van der Waals surface area contributed by atoms with Crippen LogP contribution in [0.2, 0.25) is 0 Å². The molecule has 2 aromatic rings. The van der Waals surface area contributed by atoms with Crippen molar-refractivity contribution in [2.45, 2.75) is 43.7 Å². The molecule has 2 aromatic carbocycles. The predicted molar refractivity (Wildman–Crippen MR) is 104 cm³/mol. The summed E-state index contributed by atoms with van der Waals surface area (Å²) in [6.07, 6.45) is 0.235. The first-order valence-corrected chi connectivity index (χ1v) is 9.14. The van der Waals surface area contributed by atoms with E-state index >= 15 is 0 Å².